The Hall–Kier alpha value is -4.01. The zero-order chi connectivity index (χ0) is 22.5. The minimum atomic E-state index is -0.507. The van der Waals surface area contributed by atoms with Crippen LogP contribution in [0, 0.1) is 11.6 Å². The second-order valence-electron chi connectivity index (χ2n) is 6.97. The maximum absolute atomic E-state index is 14.0. The third-order valence-corrected chi connectivity index (χ3v) is 4.92. The molecule has 0 aliphatic carbocycles. The van der Waals surface area contributed by atoms with E-state index in [-0.39, 0.29) is 11.5 Å². The Balaban J connectivity index is 1.51. The summed E-state index contributed by atoms with van der Waals surface area (Å²) in [4.78, 5) is 27.2. The molecule has 4 rings (SSSR count). The van der Waals surface area contributed by atoms with Gasteiger partial charge >= 0.3 is 0 Å². The average molecular weight is 434 g/mol. The van der Waals surface area contributed by atoms with Crippen molar-refractivity contribution in [1.82, 2.24) is 29.6 Å². The van der Waals surface area contributed by atoms with Crippen LogP contribution >= 0.6 is 0 Å². The highest BCUT2D eigenvalue weighted by molar-refractivity contribution is 6.00. The van der Waals surface area contributed by atoms with Crippen LogP contribution in [0.25, 0.3) is 22.8 Å². The van der Waals surface area contributed by atoms with Crippen LogP contribution < -0.4 is 0 Å². The highest BCUT2D eigenvalue weighted by Crippen LogP contribution is 2.23. The molecule has 3 aromatic heterocycles. The maximum Gasteiger partial charge on any atom is 0.254 e. The smallest absolute Gasteiger partial charge is 0.254 e. The van der Waals surface area contributed by atoms with E-state index in [1.807, 2.05) is 6.92 Å². The Morgan fingerprint density at radius 2 is 1.78 bits per heavy atom. The first-order valence-corrected chi connectivity index (χ1v) is 10.1. The van der Waals surface area contributed by atoms with Gasteiger partial charge in [0.15, 0.2) is 5.82 Å². The molecule has 0 bridgehead atoms. The molecule has 0 N–H and O–H groups in total. The van der Waals surface area contributed by atoms with Gasteiger partial charge < -0.3 is 4.90 Å². The van der Waals surface area contributed by atoms with E-state index in [1.165, 1.54) is 24.3 Å². The predicted molar refractivity (Wildman–Crippen MR) is 114 cm³/mol. The van der Waals surface area contributed by atoms with E-state index in [4.69, 9.17) is 0 Å². The number of aromatic nitrogens is 5. The largest absolute Gasteiger partial charge is 0.337 e. The number of pyridine rings is 1. The number of nitrogens with zero attached hydrogens (tertiary/aromatic N) is 6. The van der Waals surface area contributed by atoms with E-state index in [9.17, 15) is 13.6 Å². The van der Waals surface area contributed by atoms with Gasteiger partial charge in [0.2, 0.25) is 0 Å². The number of amides is 1. The van der Waals surface area contributed by atoms with Crippen LogP contribution in [0.2, 0.25) is 0 Å². The molecular weight excluding hydrogens is 414 g/mol. The van der Waals surface area contributed by atoms with E-state index in [0.717, 1.165) is 6.20 Å². The minimum absolute atomic E-state index is 0.203. The molecular formula is C23H20F2N6O. The monoisotopic (exact) mass is 434 g/mol. The topological polar surface area (TPSA) is 76.8 Å². The van der Waals surface area contributed by atoms with Crippen molar-refractivity contribution in [2.24, 2.45) is 0 Å². The summed E-state index contributed by atoms with van der Waals surface area (Å²) in [5, 5.41) is 4.44. The summed E-state index contributed by atoms with van der Waals surface area (Å²) in [5.41, 5.74) is 1.84. The van der Waals surface area contributed by atoms with Crippen LogP contribution in [-0.2, 0) is 6.54 Å². The van der Waals surface area contributed by atoms with Crippen molar-refractivity contribution in [2.75, 3.05) is 13.1 Å². The summed E-state index contributed by atoms with van der Waals surface area (Å²) in [5.74, 6) is -0.882. The third-order valence-electron chi connectivity index (χ3n) is 4.92. The number of benzene rings is 1. The fourth-order valence-electron chi connectivity index (χ4n) is 3.27. The SMILES string of the molecule is CCN(CCn1ccc(-c2ccc(F)cn2)n1)C(=O)c1cc(F)ccc1-c1ncccn1. The van der Waals surface area contributed by atoms with Crippen molar-refractivity contribution in [3.05, 3.63) is 84.4 Å². The lowest BCUT2D eigenvalue weighted by Crippen LogP contribution is -2.34. The molecule has 1 amide bonds. The second-order valence-corrected chi connectivity index (χ2v) is 6.97. The summed E-state index contributed by atoms with van der Waals surface area (Å²) in [6, 6.07) is 10.3. The molecule has 0 radical (unpaired) electrons. The molecule has 7 nitrogen and oxygen atoms in total. The first-order valence-electron chi connectivity index (χ1n) is 10.1. The summed E-state index contributed by atoms with van der Waals surface area (Å²) < 4.78 is 28.7. The molecule has 3 heterocycles. The fourth-order valence-corrected chi connectivity index (χ4v) is 3.27. The Morgan fingerprint density at radius 3 is 2.50 bits per heavy atom. The third kappa shape index (κ3) is 4.66. The molecule has 32 heavy (non-hydrogen) atoms. The molecule has 0 saturated carbocycles. The normalized spacial score (nSPS) is 10.8. The zero-order valence-corrected chi connectivity index (χ0v) is 17.3. The first-order chi connectivity index (χ1) is 15.5. The van der Waals surface area contributed by atoms with E-state index in [1.54, 1.807) is 46.4 Å². The van der Waals surface area contributed by atoms with Crippen molar-refractivity contribution in [3.8, 4) is 22.8 Å². The number of carbonyl (C=O) groups excluding carboxylic acids is 1. The molecule has 0 unspecified atom stereocenters. The van der Waals surface area contributed by atoms with Gasteiger partial charge in [0.1, 0.15) is 17.3 Å². The summed E-state index contributed by atoms with van der Waals surface area (Å²) >= 11 is 0. The van der Waals surface area contributed by atoms with Crippen molar-refractivity contribution >= 4 is 5.91 Å². The van der Waals surface area contributed by atoms with Gasteiger partial charge in [-0.15, -0.1) is 0 Å². The molecule has 0 aliphatic heterocycles. The van der Waals surface area contributed by atoms with Crippen LogP contribution in [0.4, 0.5) is 8.78 Å². The van der Waals surface area contributed by atoms with Crippen LogP contribution in [0.5, 0.6) is 0 Å². The van der Waals surface area contributed by atoms with Gasteiger partial charge in [0.05, 0.1) is 24.0 Å². The fraction of sp³-hybridized carbons (Fsp3) is 0.174. The van der Waals surface area contributed by atoms with Gasteiger partial charge in [-0.1, -0.05) is 0 Å². The predicted octanol–water partition coefficient (Wildman–Crippen LogP) is 3.84. The quantitative estimate of drug-likeness (QED) is 0.442. The lowest BCUT2D eigenvalue weighted by molar-refractivity contribution is 0.0757. The number of hydrogen-bond acceptors (Lipinski definition) is 5. The van der Waals surface area contributed by atoms with E-state index in [0.29, 0.717) is 42.4 Å². The highest BCUT2D eigenvalue weighted by atomic mass is 19.1. The molecule has 0 spiro atoms. The Kier molecular flexibility index (Phi) is 6.25. The van der Waals surface area contributed by atoms with Gasteiger partial charge in [-0.2, -0.15) is 5.10 Å². The Bertz CT molecular complexity index is 1210. The Labute approximate surface area is 183 Å². The number of halogens is 2. The standard InChI is InChI=1S/C23H20F2N6O/c1-2-30(12-13-31-11-8-21(29-31)20-7-5-17(25)15-28-20)23(32)19-14-16(24)4-6-18(19)22-26-9-3-10-27-22/h3-11,14-15H,2,12-13H2,1H3. The lowest BCUT2D eigenvalue weighted by atomic mass is 10.0. The molecule has 162 valence electrons. The Morgan fingerprint density at radius 1 is 1.00 bits per heavy atom. The van der Waals surface area contributed by atoms with Gasteiger partial charge in [-0.25, -0.2) is 18.7 Å². The lowest BCUT2D eigenvalue weighted by Gasteiger charge is -2.22. The second kappa shape index (κ2) is 9.42. The van der Waals surface area contributed by atoms with Crippen LogP contribution in [0.15, 0.2) is 67.3 Å². The molecule has 0 saturated heterocycles. The van der Waals surface area contributed by atoms with Gasteiger partial charge in [-0.05, 0) is 49.4 Å². The summed E-state index contributed by atoms with van der Waals surface area (Å²) in [6.45, 7) is 3.07. The molecule has 0 atom stereocenters. The van der Waals surface area contributed by atoms with Crippen LogP contribution in [-0.4, -0.2) is 48.6 Å². The van der Waals surface area contributed by atoms with E-state index in [2.05, 4.69) is 20.1 Å². The minimum Gasteiger partial charge on any atom is -0.337 e. The van der Waals surface area contributed by atoms with Crippen molar-refractivity contribution in [1.29, 1.82) is 0 Å². The van der Waals surface area contributed by atoms with Gasteiger partial charge in [-0.3, -0.25) is 14.5 Å². The highest BCUT2D eigenvalue weighted by Gasteiger charge is 2.20. The molecule has 4 aromatic rings. The van der Waals surface area contributed by atoms with Crippen molar-refractivity contribution < 1.29 is 13.6 Å². The van der Waals surface area contributed by atoms with Crippen LogP contribution in [0.1, 0.15) is 17.3 Å². The van der Waals surface area contributed by atoms with E-state index < -0.39 is 11.6 Å². The van der Waals surface area contributed by atoms with E-state index >= 15 is 0 Å². The van der Waals surface area contributed by atoms with Crippen molar-refractivity contribution in [3.63, 3.8) is 0 Å². The van der Waals surface area contributed by atoms with Crippen LogP contribution in [0.3, 0.4) is 0 Å². The molecule has 9 heteroatoms. The van der Waals surface area contributed by atoms with Crippen molar-refractivity contribution in [2.45, 2.75) is 13.5 Å². The molecule has 0 aliphatic rings. The number of hydrogen-bond donors (Lipinski definition) is 0. The zero-order valence-electron chi connectivity index (χ0n) is 17.3. The molecule has 0 fully saturated rings. The van der Waals surface area contributed by atoms with Gasteiger partial charge in [0.25, 0.3) is 5.91 Å². The summed E-state index contributed by atoms with van der Waals surface area (Å²) in [6.07, 6.45) is 6.05. The number of likely N-dealkylation sites (N-methyl/N-ethyl adjacent to an activating group) is 1. The number of rotatable bonds is 7. The summed E-state index contributed by atoms with van der Waals surface area (Å²) in [7, 11) is 0. The first kappa shape index (κ1) is 21.2. The molecule has 1 aromatic carbocycles. The maximum atomic E-state index is 14.0. The average Bonchev–Trinajstić information content (AvgIpc) is 3.29. The number of carbonyl (C=O) groups is 1. The van der Waals surface area contributed by atoms with Gasteiger partial charge in [0, 0.05) is 37.2 Å².